The number of unbranched alkanes of at least 4 members (excludes halogenated alkanes) is 1. The number of halogens is 2. The van der Waals surface area contributed by atoms with Gasteiger partial charge in [-0.25, -0.2) is 0 Å². The van der Waals surface area contributed by atoms with E-state index in [1.165, 1.54) is 5.56 Å². The summed E-state index contributed by atoms with van der Waals surface area (Å²) in [6, 6.07) is 26.2. The van der Waals surface area contributed by atoms with Crippen molar-refractivity contribution in [3.05, 3.63) is 112 Å². The van der Waals surface area contributed by atoms with Gasteiger partial charge in [0.1, 0.15) is 5.82 Å². The van der Waals surface area contributed by atoms with Gasteiger partial charge in [-0.05, 0) is 42.2 Å². The zero-order chi connectivity index (χ0) is 29.1. The van der Waals surface area contributed by atoms with Crippen molar-refractivity contribution < 1.29 is 4.79 Å². The number of amides is 1. The molecule has 1 aromatic heterocycles. The summed E-state index contributed by atoms with van der Waals surface area (Å²) in [5, 5.41) is 10.8. The molecule has 2 heterocycles. The summed E-state index contributed by atoms with van der Waals surface area (Å²) < 4.78 is 2.06. The molecule has 9 heteroatoms. The molecule has 218 valence electrons. The second-order valence-electron chi connectivity index (χ2n) is 10.3. The lowest BCUT2D eigenvalue weighted by atomic mass is 10.1. The van der Waals surface area contributed by atoms with E-state index >= 15 is 0 Å². The number of nitrogens with zero attached hydrogens (tertiary/aromatic N) is 5. The molecule has 1 aliphatic heterocycles. The Balaban J connectivity index is 1.08. The van der Waals surface area contributed by atoms with Crippen molar-refractivity contribution in [2.24, 2.45) is 0 Å². The van der Waals surface area contributed by atoms with Gasteiger partial charge in [0.2, 0.25) is 5.91 Å². The fraction of sp³-hybridized carbons (Fsp3) is 0.303. The van der Waals surface area contributed by atoms with Crippen molar-refractivity contribution in [2.45, 2.75) is 30.8 Å². The van der Waals surface area contributed by atoms with E-state index < -0.39 is 0 Å². The minimum atomic E-state index is 0.253. The number of hydrogen-bond acceptors (Lipinski definition) is 5. The molecule has 0 spiro atoms. The van der Waals surface area contributed by atoms with E-state index in [1.807, 2.05) is 41.3 Å². The molecule has 5 rings (SSSR count). The van der Waals surface area contributed by atoms with Gasteiger partial charge < -0.3 is 4.90 Å². The van der Waals surface area contributed by atoms with Crippen molar-refractivity contribution in [2.75, 3.05) is 38.5 Å². The molecule has 0 atom stereocenters. The van der Waals surface area contributed by atoms with E-state index in [4.69, 9.17) is 23.2 Å². The van der Waals surface area contributed by atoms with Gasteiger partial charge in [-0.2, -0.15) is 0 Å². The van der Waals surface area contributed by atoms with Crippen LogP contribution in [0.25, 0.3) is 11.8 Å². The monoisotopic (exact) mass is 619 g/mol. The largest absolute Gasteiger partial charge is 0.340 e. The second-order valence-corrected chi connectivity index (χ2v) is 12.2. The second kappa shape index (κ2) is 15.4. The van der Waals surface area contributed by atoms with Gasteiger partial charge in [0.25, 0.3) is 0 Å². The normalized spacial score (nSPS) is 14.1. The first kappa shape index (κ1) is 30.4. The SMILES string of the molecule is O=C(CCCCSc1nnc(Cc2ccccc2)n1-c1ccc(Cl)c(Cl)c1)N1CCN(CC=Cc2ccccc2)CC1. The quantitative estimate of drug-likeness (QED) is 0.123. The Bertz CT molecular complexity index is 1470. The molecule has 0 bridgehead atoms. The first-order valence-corrected chi connectivity index (χ1v) is 16.1. The third-order valence-corrected chi connectivity index (χ3v) is 9.04. The number of rotatable bonds is 12. The van der Waals surface area contributed by atoms with E-state index in [-0.39, 0.29) is 5.91 Å². The van der Waals surface area contributed by atoms with E-state index in [0.29, 0.717) is 22.9 Å². The average molecular weight is 621 g/mol. The highest BCUT2D eigenvalue weighted by Gasteiger charge is 2.20. The molecule has 6 nitrogen and oxygen atoms in total. The van der Waals surface area contributed by atoms with Crippen LogP contribution in [0.3, 0.4) is 0 Å². The Kier molecular flexibility index (Phi) is 11.1. The number of piperazine rings is 1. The Morgan fingerprint density at radius 1 is 0.857 bits per heavy atom. The fourth-order valence-corrected chi connectivity index (χ4v) is 6.21. The van der Waals surface area contributed by atoms with Gasteiger partial charge in [-0.15, -0.1) is 10.2 Å². The van der Waals surface area contributed by atoms with E-state index in [9.17, 15) is 4.79 Å². The lowest BCUT2D eigenvalue weighted by molar-refractivity contribution is -0.132. The number of thioether (sulfide) groups is 1. The summed E-state index contributed by atoms with van der Waals surface area (Å²) >= 11 is 14.2. The van der Waals surface area contributed by atoms with Gasteiger partial charge >= 0.3 is 0 Å². The van der Waals surface area contributed by atoms with Crippen molar-refractivity contribution in [1.82, 2.24) is 24.6 Å². The van der Waals surface area contributed by atoms with Crippen LogP contribution < -0.4 is 0 Å². The van der Waals surface area contributed by atoms with Crippen molar-refractivity contribution >= 4 is 46.9 Å². The third-order valence-electron chi connectivity index (χ3n) is 7.28. The predicted octanol–water partition coefficient (Wildman–Crippen LogP) is 7.28. The standard InChI is InChI=1S/C33H35Cl2N5OS/c34-29-17-16-28(25-30(29)35)40-31(24-27-12-5-2-6-13-27)36-37-33(40)42-23-8-7-15-32(41)39-21-19-38(20-22-39)18-9-14-26-10-3-1-4-11-26/h1-6,9-14,16-17,25H,7-8,15,18-24H2. The minimum absolute atomic E-state index is 0.253. The number of hydrogen-bond donors (Lipinski definition) is 0. The van der Waals surface area contributed by atoms with Crippen molar-refractivity contribution in [3.8, 4) is 5.69 Å². The van der Waals surface area contributed by atoms with Crippen LogP contribution in [-0.2, 0) is 11.2 Å². The lowest BCUT2D eigenvalue weighted by Crippen LogP contribution is -2.48. The summed E-state index contributed by atoms with van der Waals surface area (Å²) in [6.45, 7) is 4.33. The van der Waals surface area contributed by atoms with Crippen molar-refractivity contribution in [3.63, 3.8) is 0 Å². The number of benzene rings is 3. The first-order chi connectivity index (χ1) is 20.6. The van der Waals surface area contributed by atoms with Gasteiger partial charge in [-0.1, -0.05) is 108 Å². The van der Waals surface area contributed by atoms with E-state index in [0.717, 1.165) is 73.5 Å². The van der Waals surface area contributed by atoms with Crippen LogP contribution in [-0.4, -0.2) is 68.9 Å². The molecule has 1 fully saturated rings. The highest BCUT2D eigenvalue weighted by molar-refractivity contribution is 7.99. The molecule has 4 aromatic rings. The molecular weight excluding hydrogens is 585 g/mol. The summed E-state index contributed by atoms with van der Waals surface area (Å²) in [4.78, 5) is 17.3. The smallest absolute Gasteiger partial charge is 0.222 e. The van der Waals surface area contributed by atoms with Crippen LogP contribution in [0.15, 0.2) is 90.1 Å². The Morgan fingerprint density at radius 2 is 1.60 bits per heavy atom. The number of carbonyl (C=O) groups is 1. The maximum absolute atomic E-state index is 12.8. The summed E-state index contributed by atoms with van der Waals surface area (Å²) in [5.74, 6) is 1.94. The number of carbonyl (C=O) groups excluding carboxylic acids is 1. The third kappa shape index (κ3) is 8.48. The Hall–Kier alpha value is -3.10. The molecule has 0 radical (unpaired) electrons. The van der Waals surface area contributed by atoms with Gasteiger partial charge in [0, 0.05) is 51.3 Å². The topological polar surface area (TPSA) is 54.3 Å². The molecular formula is C33H35Cl2N5OS. The Morgan fingerprint density at radius 3 is 2.33 bits per heavy atom. The number of aromatic nitrogens is 3. The molecule has 0 aliphatic carbocycles. The Labute approximate surface area is 262 Å². The van der Waals surface area contributed by atoms with Crippen LogP contribution in [0.5, 0.6) is 0 Å². The van der Waals surface area contributed by atoms with Crippen LogP contribution in [0.1, 0.15) is 36.2 Å². The fourth-order valence-electron chi connectivity index (χ4n) is 4.95. The molecule has 1 amide bonds. The summed E-state index contributed by atoms with van der Waals surface area (Å²) in [5.41, 5.74) is 3.25. The van der Waals surface area contributed by atoms with Crippen molar-refractivity contribution in [1.29, 1.82) is 0 Å². The predicted molar refractivity (Wildman–Crippen MR) is 174 cm³/mol. The molecule has 0 N–H and O–H groups in total. The minimum Gasteiger partial charge on any atom is -0.340 e. The zero-order valence-electron chi connectivity index (χ0n) is 23.5. The summed E-state index contributed by atoms with van der Waals surface area (Å²) in [7, 11) is 0. The average Bonchev–Trinajstić information content (AvgIpc) is 3.41. The summed E-state index contributed by atoms with van der Waals surface area (Å²) in [6.07, 6.45) is 7.36. The molecule has 1 saturated heterocycles. The first-order valence-electron chi connectivity index (χ1n) is 14.3. The molecule has 0 saturated carbocycles. The van der Waals surface area contributed by atoms with Crippen LogP contribution in [0.2, 0.25) is 10.0 Å². The molecule has 0 unspecified atom stereocenters. The molecule has 3 aromatic carbocycles. The van der Waals surface area contributed by atoms with Gasteiger partial charge in [-0.3, -0.25) is 14.3 Å². The maximum Gasteiger partial charge on any atom is 0.222 e. The highest BCUT2D eigenvalue weighted by Crippen LogP contribution is 2.29. The van der Waals surface area contributed by atoms with Crippen LogP contribution in [0, 0.1) is 0 Å². The zero-order valence-corrected chi connectivity index (χ0v) is 25.9. The highest BCUT2D eigenvalue weighted by atomic mass is 35.5. The van der Waals surface area contributed by atoms with E-state index in [1.54, 1.807) is 17.8 Å². The molecule has 42 heavy (non-hydrogen) atoms. The van der Waals surface area contributed by atoms with Gasteiger partial charge in [0.05, 0.1) is 15.7 Å². The maximum atomic E-state index is 12.8. The van der Waals surface area contributed by atoms with Crippen LogP contribution >= 0.6 is 35.0 Å². The van der Waals surface area contributed by atoms with Gasteiger partial charge in [0.15, 0.2) is 5.16 Å². The molecule has 1 aliphatic rings. The lowest BCUT2D eigenvalue weighted by Gasteiger charge is -2.34. The van der Waals surface area contributed by atoms with E-state index in [2.05, 4.69) is 68.2 Å². The van der Waals surface area contributed by atoms with Crippen LogP contribution in [0.4, 0.5) is 0 Å².